The lowest BCUT2D eigenvalue weighted by Gasteiger charge is -2.20. The van der Waals surface area contributed by atoms with Crippen molar-refractivity contribution in [3.05, 3.63) is 30.0 Å². The molecule has 0 unspecified atom stereocenters. The molecule has 2 aromatic rings. The Hall–Kier alpha value is -1.97. The topological polar surface area (TPSA) is 54.1 Å². The van der Waals surface area contributed by atoms with Crippen LogP contribution in [0.15, 0.2) is 24.4 Å². The summed E-state index contributed by atoms with van der Waals surface area (Å²) in [6, 6.07) is 5.71. The van der Waals surface area contributed by atoms with E-state index in [4.69, 9.17) is 4.74 Å². The number of hydrogen-bond donors (Lipinski definition) is 2. The third-order valence-corrected chi connectivity index (χ3v) is 2.58. The van der Waals surface area contributed by atoms with E-state index < -0.39 is 6.09 Å². The molecule has 0 radical (unpaired) electrons. The van der Waals surface area contributed by atoms with Crippen LogP contribution in [0.4, 0.5) is 4.79 Å². The van der Waals surface area contributed by atoms with E-state index in [0.717, 1.165) is 16.5 Å². The van der Waals surface area contributed by atoms with Gasteiger partial charge in [0.2, 0.25) is 0 Å². The predicted octanol–water partition coefficient (Wildman–Crippen LogP) is 3.36. The van der Waals surface area contributed by atoms with Gasteiger partial charge in [-0.3, -0.25) is 0 Å². The van der Waals surface area contributed by atoms with Gasteiger partial charge in [-0.25, -0.2) is 4.79 Å². The largest absolute Gasteiger partial charge is 0.413 e. The van der Waals surface area contributed by atoms with Crippen LogP contribution in [0.25, 0.3) is 10.9 Å². The highest BCUT2D eigenvalue weighted by atomic mass is 16.6. The normalized spacial score (nSPS) is 11.6. The first-order chi connectivity index (χ1) is 8.37. The number of aromatic nitrogens is 1. The first-order valence-corrected chi connectivity index (χ1v) is 5.93. The van der Waals surface area contributed by atoms with Crippen LogP contribution < -0.4 is 10.1 Å². The molecule has 0 saturated carbocycles. The molecule has 1 aromatic carbocycles. The van der Waals surface area contributed by atoms with Crippen molar-refractivity contribution in [2.45, 2.75) is 33.2 Å². The second-order valence-electron chi connectivity index (χ2n) is 5.41. The summed E-state index contributed by atoms with van der Waals surface area (Å²) >= 11 is 0. The fraction of sp³-hybridized carbons (Fsp3) is 0.357. The predicted molar refractivity (Wildman–Crippen MR) is 71.9 cm³/mol. The molecule has 18 heavy (non-hydrogen) atoms. The molecular formula is C14H18N2O2. The van der Waals surface area contributed by atoms with E-state index in [1.807, 2.05) is 46.0 Å². The Morgan fingerprint density at radius 2 is 2.00 bits per heavy atom. The zero-order valence-corrected chi connectivity index (χ0v) is 11.1. The molecule has 0 aliphatic rings. The second kappa shape index (κ2) is 4.37. The van der Waals surface area contributed by atoms with Crippen molar-refractivity contribution < 1.29 is 9.53 Å². The smallest absolute Gasteiger partial charge is 0.408 e. The van der Waals surface area contributed by atoms with E-state index >= 15 is 0 Å². The highest BCUT2D eigenvalue weighted by Gasteiger charge is 2.16. The Labute approximate surface area is 106 Å². The number of carbonyl (C=O) groups is 1. The third-order valence-electron chi connectivity index (χ3n) is 2.58. The molecule has 0 atom stereocenters. The van der Waals surface area contributed by atoms with Crippen LogP contribution in [0.3, 0.4) is 0 Å². The van der Waals surface area contributed by atoms with Crippen molar-refractivity contribution >= 4 is 17.0 Å². The molecule has 2 N–H and O–H groups in total. The van der Waals surface area contributed by atoms with Crippen molar-refractivity contribution in [1.82, 2.24) is 10.3 Å². The maximum atomic E-state index is 11.7. The van der Waals surface area contributed by atoms with Gasteiger partial charge in [-0.15, -0.1) is 0 Å². The molecule has 0 spiro atoms. The minimum atomic E-state index is -0.442. The molecule has 0 bridgehead atoms. The lowest BCUT2D eigenvalue weighted by molar-refractivity contribution is 0.191. The third kappa shape index (κ3) is 2.64. The summed E-state index contributed by atoms with van der Waals surface area (Å²) in [5, 5.41) is 3.83. The Kier molecular flexibility index (Phi) is 3.03. The molecule has 2 rings (SSSR count). The van der Waals surface area contributed by atoms with Gasteiger partial charge in [0.25, 0.3) is 0 Å². The number of carbonyl (C=O) groups excluding carboxylic acids is 1. The van der Waals surface area contributed by atoms with Crippen molar-refractivity contribution in [3.8, 4) is 5.75 Å². The van der Waals surface area contributed by atoms with Gasteiger partial charge in [0.15, 0.2) is 5.75 Å². The highest BCUT2D eigenvalue weighted by molar-refractivity contribution is 5.90. The average Bonchev–Trinajstić information content (AvgIpc) is 2.69. The van der Waals surface area contributed by atoms with Crippen LogP contribution in [0.1, 0.15) is 26.3 Å². The van der Waals surface area contributed by atoms with Gasteiger partial charge >= 0.3 is 6.09 Å². The van der Waals surface area contributed by atoms with E-state index in [1.54, 1.807) is 6.07 Å². The molecule has 4 nitrogen and oxygen atoms in total. The van der Waals surface area contributed by atoms with Crippen LogP contribution in [0, 0.1) is 6.92 Å². The number of hydrogen-bond acceptors (Lipinski definition) is 2. The Bertz CT molecular complexity index is 579. The SMILES string of the molecule is Cc1ccc(OC(=O)NC(C)(C)C)c2[nH]ccc12. The molecule has 0 fully saturated rings. The minimum Gasteiger partial charge on any atom is -0.408 e. The van der Waals surface area contributed by atoms with Gasteiger partial charge in [0, 0.05) is 17.1 Å². The van der Waals surface area contributed by atoms with Crippen molar-refractivity contribution in [1.29, 1.82) is 0 Å². The molecular weight excluding hydrogens is 228 g/mol. The van der Waals surface area contributed by atoms with Gasteiger partial charge in [-0.1, -0.05) is 6.07 Å². The quantitative estimate of drug-likeness (QED) is 0.810. The van der Waals surface area contributed by atoms with Gasteiger partial charge in [0.05, 0.1) is 5.52 Å². The van der Waals surface area contributed by atoms with Crippen LogP contribution >= 0.6 is 0 Å². The number of aromatic amines is 1. The summed E-state index contributed by atoms with van der Waals surface area (Å²) in [4.78, 5) is 14.8. The molecule has 96 valence electrons. The number of benzene rings is 1. The van der Waals surface area contributed by atoms with E-state index in [0.29, 0.717) is 5.75 Å². The molecule has 0 aliphatic carbocycles. The molecule has 0 aliphatic heterocycles. The molecule has 1 amide bonds. The highest BCUT2D eigenvalue weighted by Crippen LogP contribution is 2.27. The first-order valence-electron chi connectivity index (χ1n) is 5.93. The summed E-state index contributed by atoms with van der Waals surface area (Å²) in [6.07, 6.45) is 1.40. The number of fused-ring (bicyclic) bond motifs is 1. The molecule has 1 aromatic heterocycles. The fourth-order valence-corrected chi connectivity index (χ4v) is 1.79. The average molecular weight is 246 g/mol. The maximum Gasteiger partial charge on any atom is 0.413 e. The van der Waals surface area contributed by atoms with Gasteiger partial charge in [-0.05, 0) is 45.4 Å². The van der Waals surface area contributed by atoms with Crippen molar-refractivity contribution in [2.75, 3.05) is 0 Å². The maximum absolute atomic E-state index is 11.7. The molecule has 4 heteroatoms. The van der Waals surface area contributed by atoms with Crippen LogP contribution in [-0.2, 0) is 0 Å². The van der Waals surface area contributed by atoms with E-state index in [9.17, 15) is 4.79 Å². The van der Waals surface area contributed by atoms with E-state index in [-0.39, 0.29) is 5.54 Å². The van der Waals surface area contributed by atoms with Gasteiger partial charge in [-0.2, -0.15) is 0 Å². The number of rotatable bonds is 1. The first kappa shape index (κ1) is 12.5. The zero-order chi connectivity index (χ0) is 13.3. The summed E-state index contributed by atoms with van der Waals surface area (Å²) < 4.78 is 5.34. The van der Waals surface area contributed by atoms with E-state index in [2.05, 4.69) is 10.3 Å². The van der Waals surface area contributed by atoms with Gasteiger partial charge < -0.3 is 15.0 Å². The summed E-state index contributed by atoms with van der Waals surface area (Å²) in [5.41, 5.74) is 1.69. The zero-order valence-electron chi connectivity index (χ0n) is 11.1. The molecule has 1 heterocycles. The summed E-state index contributed by atoms with van der Waals surface area (Å²) in [6.45, 7) is 7.75. The van der Waals surface area contributed by atoms with Crippen molar-refractivity contribution in [3.63, 3.8) is 0 Å². The van der Waals surface area contributed by atoms with Crippen LogP contribution in [0.5, 0.6) is 5.75 Å². The standard InChI is InChI=1S/C14H18N2O2/c1-9-5-6-11(12-10(9)7-8-15-12)18-13(17)16-14(2,3)4/h5-8,15H,1-4H3,(H,16,17). The van der Waals surface area contributed by atoms with Crippen LogP contribution in [0.2, 0.25) is 0 Å². The number of nitrogens with one attached hydrogen (secondary N) is 2. The lowest BCUT2D eigenvalue weighted by Crippen LogP contribution is -2.42. The van der Waals surface area contributed by atoms with Crippen LogP contribution in [-0.4, -0.2) is 16.6 Å². The number of ether oxygens (including phenoxy) is 1. The fourth-order valence-electron chi connectivity index (χ4n) is 1.79. The van der Waals surface area contributed by atoms with Gasteiger partial charge in [0.1, 0.15) is 0 Å². The van der Waals surface area contributed by atoms with E-state index in [1.165, 1.54) is 0 Å². The summed E-state index contributed by atoms with van der Waals surface area (Å²) in [5.74, 6) is 0.544. The lowest BCUT2D eigenvalue weighted by atomic mass is 10.1. The molecule has 0 saturated heterocycles. The Balaban J connectivity index is 2.25. The Morgan fingerprint density at radius 1 is 1.28 bits per heavy atom. The summed E-state index contributed by atoms with van der Waals surface area (Å²) in [7, 11) is 0. The minimum absolute atomic E-state index is 0.309. The number of aryl methyl sites for hydroxylation is 1. The number of H-pyrrole nitrogens is 1. The second-order valence-corrected chi connectivity index (χ2v) is 5.41. The number of amides is 1. The monoisotopic (exact) mass is 246 g/mol. The van der Waals surface area contributed by atoms with Crippen molar-refractivity contribution in [2.24, 2.45) is 0 Å². The Morgan fingerprint density at radius 3 is 2.67 bits per heavy atom.